The highest BCUT2D eigenvalue weighted by Gasteiger charge is 2.12. The predicted molar refractivity (Wildman–Crippen MR) is 93.2 cm³/mol. The van der Waals surface area contributed by atoms with Crippen molar-refractivity contribution in [3.05, 3.63) is 75.9 Å². The van der Waals surface area contributed by atoms with Gasteiger partial charge in [0.1, 0.15) is 11.6 Å². The molecule has 0 saturated carbocycles. The fourth-order valence-corrected chi connectivity index (χ4v) is 3.11. The Morgan fingerprint density at radius 3 is 2.58 bits per heavy atom. The fourth-order valence-electron chi connectivity index (χ4n) is 2.32. The van der Waals surface area contributed by atoms with Gasteiger partial charge in [-0.2, -0.15) is 5.10 Å². The van der Waals surface area contributed by atoms with E-state index in [2.05, 4.69) is 10.1 Å². The zero-order valence-corrected chi connectivity index (χ0v) is 14.0. The Kier molecular flexibility index (Phi) is 4.66. The smallest absolute Gasteiger partial charge is 0.205 e. The molecule has 1 aromatic heterocycles. The lowest BCUT2D eigenvalue weighted by Gasteiger charge is -2.07. The first kappa shape index (κ1) is 16.3. The van der Waals surface area contributed by atoms with Crippen molar-refractivity contribution in [2.45, 2.75) is 6.92 Å². The monoisotopic (exact) mass is 343 g/mol. The summed E-state index contributed by atoms with van der Waals surface area (Å²) in [6, 6.07) is 12.7. The van der Waals surface area contributed by atoms with Gasteiger partial charge >= 0.3 is 0 Å². The molecule has 0 N–H and O–H groups in total. The Morgan fingerprint density at radius 1 is 1.08 bits per heavy atom. The van der Waals surface area contributed by atoms with E-state index in [1.165, 1.54) is 29.5 Å². The minimum absolute atomic E-state index is 0.327. The second-order valence-corrected chi connectivity index (χ2v) is 5.95. The number of thiazole rings is 1. The largest absolute Gasteiger partial charge is 0.261 e. The van der Waals surface area contributed by atoms with Gasteiger partial charge in [-0.25, -0.2) is 13.5 Å². The average molecular weight is 343 g/mol. The Labute approximate surface area is 142 Å². The van der Waals surface area contributed by atoms with Crippen LogP contribution in [0.3, 0.4) is 0 Å². The van der Waals surface area contributed by atoms with Gasteiger partial charge in [0.15, 0.2) is 0 Å². The topological polar surface area (TPSA) is 29.6 Å². The van der Waals surface area contributed by atoms with E-state index in [0.717, 1.165) is 0 Å². The third kappa shape index (κ3) is 3.19. The van der Waals surface area contributed by atoms with E-state index in [0.29, 0.717) is 27.3 Å². The minimum Gasteiger partial charge on any atom is -0.261 e. The molecule has 0 bridgehead atoms. The molecule has 0 unspecified atom stereocenters. The summed E-state index contributed by atoms with van der Waals surface area (Å²) in [6.45, 7) is 1.78. The van der Waals surface area contributed by atoms with E-state index in [1.54, 1.807) is 49.0 Å². The van der Waals surface area contributed by atoms with Crippen LogP contribution in [0.25, 0.3) is 11.3 Å². The molecule has 24 heavy (non-hydrogen) atoms. The molecular formula is C18H15F2N3S. The first-order chi connectivity index (χ1) is 11.6. The zero-order chi connectivity index (χ0) is 17.1. The summed E-state index contributed by atoms with van der Waals surface area (Å²) in [5.74, 6) is -0.655. The summed E-state index contributed by atoms with van der Waals surface area (Å²) in [7, 11) is 1.65. The predicted octanol–water partition coefficient (Wildman–Crippen LogP) is 4.30. The molecule has 0 spiro atoms. The molecule has 6 heteroatoms. The van der Waals surface area contributed by atoms with Crippen LogP contribution in [-0.4, -0.2) is 17.4 Å². The molecule has 0 aliphatic heterocycles. The van der Waals surface area contributed by atoms with Gasteiger partial charge in [0.2, 0.25) is 4.80 Å². The van der Waals surface area contributed by atoms with Gasteiger partial charge in [-0.1, -0.05) is 24.3 Å². The van der Waals surface area contributed by atoms with Crippen molar-refractivity contribution in [2.75, 3.05) is 7.05 Å². The molecule has 0 amide bonds. The minimum atomic E-state index is -0.328. The van der Waals surface area contributed by atoms with E-state index in [-0.39, 0.29) is 11.6 Å². The first-order valence-electron chi connectivity index (χ1n) is 7.30. The lowest BCUT2D eigenvalue weighted by Crippen LogP contribution is -2.14. The van der Waals surface area contributed by atoms with E-state index in [9.17, 15) is 8.78 Å². The van der Waals surface area contributed by atoms with Crippen LogP contribution in [0.2, 0.25) is 0 Å². The van der Waals surface area contributed by atoms with Gasteiger partial charge in [0.25, 0.3) is 0 Å². The fraction of sp³-hybridized carbons (Fsp3) is 0.111. The molecule has 1 heterocycles. The van der Waals surface area contributed by atoms with E-state index >= 15 is 0 Å². The number of aromatic nitrogens is 1. The summed E-state index contributed by atoms with van der Waals surface area (Å²) in [5.41, 5.74) is 2.32. The van der Waals surface area contributed by atoms with Crippen LogP contribution in [0.4, 0.5) is 8.78 Å². The van der Waals surface area contributed by atoms with Crippen molar-refractivity contribution in [3.63, 3.8) is 0 Å². The maximum absolute atomic E-state index is 14.1. The van der Waals surface area contributed by atoms with Crippen molar-refractivity contribution in [3.8, 4) is 11.3 Å². The molecule has 3 rings (SSSR count). The van der Waals surface area contributed by atoms with E-state index in [4.69, 9.17) is 0 Å². The lowest BCUT2D eigenvalue weighted by atomic mass is 10.1. The van der Waals surface area contributed by atoms with Gasteiger partial charge in [0.05, 0.1) is 11.4 Å². The molecule has 0 saturated heterocycles. The number of nitrogens with zero attached hydrogens (tertiary/aromatic N) is 3. The third-order valence-electron chi connectivity index (χ3n) is 3.52. The number of hydrogen-bond acceptors (Lipinski definition) is 3. The van der Waals surface area contributed by atoms with Gasteiger partial charge in [-0.15, -0.1) is 11.3 Å². The molecule has 2 aromatic carbocycles. The number of hydrogen-bond donors (Lipinski definition) is 0. The van der Waals surface area contributed by atoms with Crippen molar-refractivity contribution in [1.29, 1.82) is 0 Å². The van der Waals surface area contributed by atoms with Crippen LogP contribution in [0.1, 0.15) is 12.5 Å². The number of rotatable bonds is 3. The summed E-state index contributed by atoms with van der Waals surface area (Å²) in [5, 5.41) is 6.34. The van der Waals surface area contributed by atoms with Crippen LogP contribution in [0, 0.1) is 11.6 Å². The van der Waals surface area contributed by atoms with Crippen LogP contribution >= 0.6 is 11.3 Å². The van der Waals surface area contributed by atoms with Crippen molar-refractivity contribution in [2.24, 2.45) is 10.1 Å². The molecule has 3 aromatic rings. The average Bonchev–Trinajstić information content (AvgIpc) is 2.97. The van der Waals surface area contributed by atoms with Gasteiger partial charge in [-0.05, 0) is 31.2 Å². The second kappa shape index (κ2) is 6.88. The van der Waals surface area contributed by atoms with Crippen LogP contribution in [0.5, 0.6) is 0 Å². The van der Waals surface area contributed by atoms with Crippen molar-refractivity contribution in [1.82, 2.24) is 4.68 Å². The molecule has 3 nitrogen and oxygen atoms in total. The lowest BCUT2D eigenvalue weighted by molar-refractivity contribution is 0.627. The molecule has 0 aliphatic rings. The summed E-state index contributed by atoms with van der Waals surface area (Å²) in [4.78, 5) is 4.82. The highest BCUT2D eigenvalue weighted by atomic mass is 32.1. The standard InChI is InChI=1S/C18H15F2N3S/c1-12(13-6-5-7-14(19)10-13)22-23-17(11-24-18(23)21-2)15-8-3-4-9-16(15)20/h3-11H,1-2H3. The third-order valence-corrected chi connectivity index (χ3v) is 4.43. The van der Waals surface area contributed by atoms with Gasteiger partial charge in [0, 0.05) is 23.6 Å². The molecule has 0 aliphatic carbocycles. The van der Waals surface area contributed by atoms with E-state index in [1.807, 2.05) is 5.38 Å². The van der Waals surface area contributed by atoms with Crippen LogP contribution in [-0.2, 0) is 0 Å². The molecule has 0 fully saturated rings. The summed E-state index contributed by atoms with van der Waals surface area (Å²) in [6.07, 6.45) is 0. The van der Waals surface area contributed by atoms with E-state index < -0.39 is 0 Å². The second-order valence-electron chi connectivity index (χ2n) is 5.11. The summed E-state index contributed by atoms with van der Waals surface area (Å²) < 4.78 is 29.2. The van der Waals surface area contributed by atoms with Gasteiger partial charge in [-0.3, -0.25) is 4.99 Å². The molecule has 122 valence electrons. The molecule has 0 atom stereocenters. The van der Waals surface area contributed by atoms with Crippen molar-refractivity contribution >= 4 is 17.0 Å². The zero-order valence-electron chi connectivity index (χ0n) is 13.2. The van der Waals surface area contributed by atoms with Crippen LogP contribution < -0.4 is 4.80 Å². The molecular weight excluding hydrogens is 328 g/mol. The first-order valence-corrected chi connectivity index (χ1v) is 8.18. The molecule has 0 radical (unpaired) electrons. The normalized spacial score (nSPS) is 12.7. The van der Waals surface area contributed by atoms with Crippen LogP contribution in [0.15, 0.2) is 64.0 Å². The number of benzene rings is 2. The van der Waals surface area contributed by atoms with Gasteiger partial charge < -0.3 is 0 Å². The Balaban J connectivity index is 2.16. The number of halogens is 2. The summed E-state index contributed by atoms with van der Waals surface area (Å²) >= 11 is 1.37. The Bertz CT molecular complexity index is 970. The Hall–Kier alpha value is -2.60. The maximum Gasteiger partial charge on any atom is 0.205 e. The van der Waals surface area contributed by atoms with Crippen molar-refractivity contribution < 1.29 is 8.78 Å². The quantitative estimate of drug-likeness (QED) is 0.635. The Morgan fingerprint density at radius 2 is 1.88 bits per heavy atom. The highest BCUT2D eigenvalue weighted by Crippen LogP contribution is 2.23. The maximum atomic E-state index is 14.1. The highest BCUT2D eigenvalue weighted by molar-refractivity contribution is 7.07. The SMILES string of the molecule is CN=c1scc(-c2ccccc2F)n1N=C(C)c1cccc(F)c1.